The third-order valence-electron chi connectivity index (χ3n) is 18.4. The molecule has 0 amide bonds. The number of allylic oxidation sites excluding steroid dienone is 6. The molecule has 508 valence electrons. The maximum Gasteiger partial charge on any atom is 0.306 e. The highest BCUT2D eigenvalue weighted by molar-refractivity contribution is 5.70. The summed E-state index contributed by atoms with van der Waals surface area (Å²) >= 11 is 0. The lowest BCUT2D eigenvalue weighted by Crippen LogP contribution is -2.28. The van der Waals surface area contributed by atoms with Crippen molar-refractivity contribution in [2.75, 3.05) is 13.2 Å². The first-order valence-corrected chi connectivity index (χ1v) is 39.5. The first kappa shape index (κ1) is 84.1. The first-order chi connectivity index (χ1) is 42.6. The number of esters is 2. The second-order valence-corrected chi connectivity index (χ2v) is 27.2. The van der Waals surface area contributed by atoms with Crippen LogP contribution in [-0.2, 0) is 19.1 Å². The Morgan fingerprint density at radius 3 is 0.698 bits per heavy atom. The number of rotatable bonds is 75. The third-order valence-corrected chi connectivity index (χ3v) is 18.4. The van der Waals surface area contributed by atoms with Crippen molar-refractivity contribution in [1.82, 2.24) is 0 Å². The Morgan fingerprint density at radius 1 is 0.267 bits per heavy atom. The number of hydrogen-bond acceptors (Lipinski definition) is 5. The van der Waals surface area contributed by atoms with E-state index in [2.05, 4.69) is 50.3 Å². The van der Waals surface area contributed by atoms with Gasteiger partial charge < -0.3 is 14.6 Å². The zero-order valence-electron chi connectivity index (χ0n) is 58.6. The molecule has 0 radical (unpaired) electrons. The molecule has 0 heterocycles. The quantitative estimate of drug-likeness (QED) is 0.0373. The van der Waals surface area contributed by atoms with E-state index >= 15 is 0 Å². The molecule has 1 N–H and O–H groups in total. The summed E-state index contributed by atoms with van der Waals surface area (Å²) in [6, 6.07) is 0. The zero-order valence-corrected chi connectivity index (χ0v) is 58.6. The molecule has 0 rings (SSSR count). The fraction of sp³-hybridized carbons (Fsp3) is 0.901. The Balaban J connectivity index is 3.35. The summed E-state index contributed by atoms with van der Waals surface area (Å²) in [7, 11) is 0. The fourth-order valence-corrected chi connectivity index (χ4v) is 12.5. The molecule has 0 saturated carbocycles. The highest BCUT2D eigenvalue weighted by Crippen LogP contribution is 2.20. The molecule has 0 spiro atoms. The molecule has 1 unspecified atom stereocenters. The molecular weight excluding hydrogens is 1050 g/mol. The Morgan fingerprint density at radius 2 is 0.465 bits per heavy atom. The van der Waals surface area contributed by atoms with Crippen molar-refractivity contribution in [2.24, 2.45) is 0 Å². The van der Waals surface area contributed by atoms with Gasteiger partial charge in [-0.15, -0.1) is 0 Å². The Kier molecular flexibility index (Phi) is 75.7. The van der Waals surface area contributed by atoms with Gasteiger partial charge in [-0.1, -0.05) is 423 Å². The molecule has 0 aliphatic rings. The van der Waals surface area contributed by atoms with Gasteiger partial charge in [0.1, 0.15) is 6.61 Å². The van der Waals surface area contributed by atoms with Crippen LogP contribution in [0, 0.1) is 0 Å². The number of carbonyl (C=O) groups is 2. The summed E-state index contributed by atoms with van der Waals surface area (Å²) in [5, 5.41) is 9.72. The summed E-state index contributed by atoms with van der Waals surface area (Å²) in [5.41, 5.74) is 0. The summed E-state index contributed by atoms with van der Waals surface area (Å²) in [6.45, 7) is 4.20. The molecule has 0 aliphatic carbocycles. The van der Waals surface area contributed by atoms with Crippen molar-refractivity contribution in [1.29, 1.82) is 0 Å². The minimum atomic E-state index is -0.769. The van der Waals surface area contributed by atoms with E-state index in [0.29, 0.717) is 12.8 Å². The van der Waals surface area contributed by atoms with E-state index in [4.69, 9.17) is 9.47 Å². The first-order valence-electron chi connectivity index (χ1n) is 39.5. The van der Waals surface area contributed by atoms with E-state index in [1.807, 2.05) is 0 Å². The maximum atomic E-state index is 12.4. The van der Waals surface area contributed by atoms with Gasteiger partial charge >= 0.3 is 11.9 Å². The van der Waals surface area contributed by atoms with E-state index in [-0.39, 0.29) is 25.2 Å². The standard InChI is InChI=1S/C81H154O5/c1-3-5-7-9-11-13-15-17-19-21-23-25-27-29-31-33-35-36-37-38-39-40-41-42-43-44-46-48-50-52-54-56-58-60-62-64-66-68-70-72-74-76-81(84)86-79(77-82)78-85-80(83)75-73-71-69-67-65-63-61-59-57-55-53-51-49-47-45-34-32-30-28-26-24-22-20-18-16-14-12-10-8-6-4-2/h15,17,21,23,27,29,79,82H,3-14,16,18-20,22,24-26,28,30-78H2,1-2H3/b17-15-,23-21-,29-27-. The van der Waals surface area contributed by atoms with E-state index in [1.165, 1.54) is 379 Å². The normalized spacial score (nSPS) is 12.3. The van der Waals surface area contributed by atoms with Gasteiger partial charge in [0.25, 0.3) is 0 Å². The number of aliphatic hydroxyl groups is 1. The van der Waals surface area contributed by atoms with Gasteiger partial charge in [0, 0.05) is 12.8 Å². The van der Waals surface area contributed by atoms with Gasteiger partial charge in [0.2, 0.25) is 0 Å². The van der Waals surface area contributed by atoms with E-state index in [0.717, 1.165) is 44.9 Å². The van der Waals surface area contributed by atoms with Crippen molar-refractivity contribution in [3.63, 3.8) is 0 Å². The number of hydrogen-bond donors (Lipinski definition) is 1. The van der Waals surface area contributed by atoms with Gasteiger partial charge in [-0.05, 0) is 51.4 Å². The molecule has 0 saturated heterocycles. The van der Waals surface area contributed by atoms with Crippen LogP contribution in [0.4, 0.5) is 0 Å². The lowest BCUT2D eigenvalue weighted by molar-refractivity contribution is -0.161. The SMILES string of the molecule is CCCCCCC/C=C\C/C=C\C/C=C\CCCCCCCCCCCCCCCCCCCCCCCCCCCCC(=O)OC(CO)COC(=O)CCCCCCCCCCCCCCCCCCCCCCCCCCCCCCCCC. The van der Waals surface area contributed by atoms with Gasteiger partial charge in [0.15, 0.2) is 6.10 Å². The van der Waals surface area contributed by atoms with Crippen molar-refractivity contribution in [3.8, 4) is 0 Å². The Labute approximate surface area is 539 Å². The fourth-order valence-electron chi connectivity index (χ4n) is 12.5. The van der Waals surface area contributed by atoms with Crippen LogP contribution in [0.1, 0.15) is 450 Å². The second kappa shape index (κ2) is 77.4. The zero-order chi connectivity index (χ0) is 61.9. The summed E-state index contributed by atoms with van der Waals surface area (Å²) in [6.07, 6.45) is 104. The molecule has 5 nitrogen and oxygen atoms in total. The van der Waals surface area contributed by atoms with E-state index in [1.54, 1.807) is 0 Å². The third kappa shape index (κ3) is 74.6. The van der Waals surface area contributed by atoms with E-state index in [9.17, 15) is 14.7 Å². The molecule has 0 bridgehead atoms. The highest BCUT2D eigenvalue weighted by Gasteiger charge is 2.16. The number of unbranched alkanes of at least 4 members (excludes halogenated alkanes) is 61. The minimum absolute atomic E-state index is 0.0574. The summed E-state index contributed by atoms with van der Waals surface area (Å²) in [5.74, 6) is -0.560. The monoisotopic (exact) mass is 1210 g/mol. The van der Waals surface area contributed by atoms with Crippen LogP contribution in [-0.4, -0.2) is 36.4 Å². The van der Waals surface area contributed by atoms with Crippen molar-refractivity contribution in [3.05, 3.63) is 36.5 Å². The molecule has 1 atom stereocenters. The van der Waals surface area contributed by atoms with Crippen LogP contribution >= 0.6 is 0 Å². The van der Waals surface area contributed by atoms with Crippen LogP contribution in [0.5, 0.6) is 0 Å². The average Bonchev–Trinajstić information content (AvgIpc) is 3.54. The van der Waals surface area contributed by atoms with Crippen LogP contribution in [0.25, 0.3) is 0 Å². The smallest absolute Gasteiger partial charge is 0.306 e. The highest BCUT2D eigenvalue weighted by atomic mass is 16.6. The number of ether oxygens (including phenoxy) is 2. The molecule has 0 aromatic carbocycles. The number of aliphatic hydroxyl groups excluding tert-OH is 1. The largest absolute Gasteiger partial charge is 0.462 e. The van der Waals surface area contributed by atoms with Gasteiger partial charge in [-0.25, -0.2) is 0 Å². The maximum absolute atomic E-state index is 12.4. The molecule has 5 heteroatoms. The van der Waals surface area contributed by atoms with Crippen LogP contribution in [0.2, 0.25) is 0 Å². The molecule has 0 aromatic heterocycles. The van der Waals surface area contributed by atoms with Crippen molar-refractivity contribution >= 4 is 11.9 Å². The minimum Gasteiger partial charge on any atom is -0.462 e. The Bertz CT molecular complexity index is 1370. The molecule has 86 heavy (non-hydrogen) atoms. The summed E-state index contributed by atoms with van der Waals surface area (Å²) < 4.78 is 10.8. The Hall–Kier alpha value is -1.88. The van der Waals surface area contributed by atoms with Gasteiger partial charge in [-0.3, -0.25) is 9.59 Å². The van der Waals surface area contributed by atoms with Crippen LogP contribution in [0.15, 0.2) is 36.5 Å². The van der Waals surface area contributed by atoms with E-state index < -0.39 is 6.10 Å². The molecule has 0 fully saturated rings. The van der Waals surface area contributed by atoms with Gasteiger partial charge in [0.05, 0.1) is 6.61 Å². The lowest BCUT2D eigenvalue weighted by atomic mass is 10.0. The topological polar surface area (TPSA) is 72.8 Å². The molecule has 0 aromatic rings. The predicted molar refractivity (Wildman–Crippen MR) is 381 cm³/mol. The molecular formula is C81H154O5. The van der Waals surface area contributed by atoms with Crippen LogP contribution < -0.4 is 0 Å². The van der Waals surface area contributed by atoms with Crippen molar-refractivity contribution in [2.45, 2.75) is 457 Å². The second-order valence-electron chi connectivity index (χ2n) is 27.2. The lowest BCUT2D eigenvalue weighted by Gasteiger charge is -2.15. The summed E-state index contributed by atoms with van der Waals surface area (Å²) in [4.78, 5) is 24.7. The van der Waals surface area contributed by atoms with Gasteiger partial charge in [-0.2, -0.15) is 0 Å². The van der Waals surface area contributed by atoms with Crippen molar-refractivity contribution < 1.29 is 24.2 Å². The predicted octanol–water partition coefficient (Wildman–Crippen LogP) is 27.7. The average molecular weight is 1210 g/mol. The number of carbonyl (C=O) groups excluding carboxylic acids is 2. The van der Waals surface area contributed by atoms with Crippen LogP contribution in [0.3, 0.4) is 0 Å². The molecule has 0 aliphatic heterocycles.